The molecule has 21 heavy (non-hydrogen) atoms. The van der Waals surface area contributed by atoms with E-state index in [1.165, 1.54) is 0 Å². The molecular formula is C14H15BrN4O2. The van der Waals surface area contributed by atoms with Crippen LogP contribution in [0.1, 0.15) is 5.82 Å². The zero-order valence-electron chi connectivity index (χ0n) is 11.6. The fourth-order valence-corrected chi connectivity index (χ4v) is 2.88. The van der Waals surface area contributed by atoms with Gasteiger partial charge in [-0.05, 0) is 18.2 Å². The first-order chi connectivity index (χ1) is 10.1. The minimum Gasteiger partial charge on any atom is -0.358 e. The predicted octanol–water partition coefficient (Wildman–Crippen LogP) is 0.721. The highest BCUT2D eigenvalue weighted by Gasteiger charge is 2.21. The number of aromatic nitrogens is 2. The van der Waals surface area contributed by atoms with Crippen molar-refractivity contribution in [2.75, 3.05) is 20.1 Å². The van der Waals surface area contributed by atoms with Gasteiger partial charge in [-0.25, -0.2) is 4.98 Å². The average molecular weight is 351 g/mol. The number of amides is 1. The second kappa shape index (κ2) is 5.57. The van der Waals surface area contributed by atoms with E-state index in [-0.39, 0.29) is 11.5 Å². The van der Waals surface area contributed by atoms with Crippen LogP contribution in [0.3, 0.4) is 0 Å². The minimum absolute atomic E-state index is 0.0120. The van der Waals surface area contributed by atoms with Crippen LogP contribution in [-0.4, -0.2) is 40.5 Å². The summed E-state index contributed by atoms with van der Waals surface area (Å²) in [7, 11) is 1.62. The van der Waals surface area contributed by atoms with Gasteiger partial charge in [-0.3, -0.25) is 19.1 Å². The molecule has 0 fully saturated rings. The Morgan fingerprint density at radius 1 is 1.43 bits per heavy atom. The fraction of sp³-hybridized carbons (Fsp3) is 0.357. The topological polar surface area (TPSA) is 67.2 Å². The molecule has 0 saturated carbocycles. The number of nitrogens with zero attached hydrogens (tertiary/aromatic N) is 3. The Kier molecular flexibility index (Phi) is 3.77. The van der Waals surface area contributed by atoms with Crippen molar-refractivity contribution in [1.82, 2.24) is 19.8 Å². The van der Waals surface area contributed by atoms with E-state index < -0.39 is 0 Å². The maximum absolute atomic E-state index is 12.5. The highest BCUT2D eigenvalue weighted by atomic mass is 79.9. The van der Waals surface area contributed by atoms with Crippen molar-refractivity contribution in [3.05, 3.63) is 38.9 Å². The molecule has 0 aliphatic carbocycles. The number of carbonyl (C=O) groups excluding carboxylic acids is 1. The Hall–Kier alpha value is -1.73. The molecule has 1 aromatic carbocycles. The Labute approximate surface area is 129 Å². The Bertz CT molecular complexity index is 771. The highest BCUT2D eigenvalue weighted by Crippen LogP contribution is 2.17. The van der Waals surface area contributed by atoms with Gasteiger partial charge in [0, 0.05) is 24.6 Å². The standard InChI is InChI=1S/C14H15BrN4O2/c1-16-13(20)8-18-4-5-19-12(7-18)17-11-6-9(15)2-3-10(11)14(19)21/h2-3,6H,4-5,7-8H2,1H3,(H,16,20). The molecule has 1 amide bonds. The van der Waals surface area contributed by atoms with Gasteiger partial charge in [-0.15, -0.1) is 0 Å². The summed E-state index contributed by atoms with van der Waals surface area (Å²) in [6.07, 6.45) is 0. The van der Waals surface area contributed by atoms with Crippen molar-refractivity contribution in [3.8, 4) is 0 Å². The number of hydrogen-bond acceptors (Lipinski definition) is 4. The van der Waals surface area contributed by atoms with E-state index in [1.54, 1.807) is 17.7 Å². The molecule has 0 unspecified atom stereocenters. The molecule has 0 spiro atoms. The smallest absolute Gasteiger partial charge is 0.261 e. The third kappa shape index (κ3) is 2.71. The summed E-state index contributed by atoms with van der Waals surface area (Å²) < 4.78 is 2.60. The lowest BCUT2D eigenvalue weighted by atomic mass is 10.2. The summed E-state index contributed by atoms with van der Waals surface area (Å²) in [4.78, 5) is 30.5. The van der Waals surface area contributed by atoms with E-state index in [0.717, 1.165) is 4.47 Å². The van der Waals surface area contributed by atoms with Crippen molar-refractivity contribution in [2.24, 2.45) is 0 Å². The van der Waals surface area contributed by atoms with E-state index in [0.29, 0.717) is 42.9 Å². The first-order valence-electron chi connectivity index (χ1n) is 6.70. The van der Waals surface area contributed by atoms with E-state index in [1.807, 2.05) is 17.0 Å². The molecule has 0 saturated heterocycles. The van der Waals surface area contributed by atoms with Crippen LogP contribution in [-0.2, 0) is 17.9 Å². The molecule has 7 heteroatoms. The van der Waals surface area contributed by atoms with Gasteiger partial charge >= 0.3 is 0 Å². The quantitative estimate of drug-likeness (QED) is 0.866. The Morgan fingerprint density at radius 3 is 3.00 bits per heavy atom. The lowest BCUT2D eigenvalue weighted by molar-refractivity contribution is -0.122. The molecule has 3 rings (SSSR count). The summed E-state index contributed by atoms with van der Waals surface area (Å²) in [6.45, 7) is 2.06. The monoisotopic (exact) mass is 350 g/mol. The van der Waals surface area contributed by atoms with Gasteiger partial charge in [-0.1, -0.05) is 15.9 Å². The van der Waals surface area contributed by atoms with Gasteiger partial charge in [-0.2, -0.15) is 0 Å². The number of hydrogen-bond donors (Lipinski definition) is 1. The summed E-state index contributed by atoms with van der Waals surface area (Å²) >= 11 is 3.39. The number of nitrogens with one attached hydrogen (secondary N) is 1. The zero-order valence-corrected chi connectivity index (χ0v) is 13.2. The van der Waals surface area contributed by atoms with Gasteiger partial charge in [0.05, 0.1) is 24.0 Å². The maximum Gasteiger partial charge on any atom is 0.261 e. The van der Waals surface area contributed by atoms with Crippen LogP contribution in [0.4, 0.5) is 0 Å². The number of carbonyl (C=O) groups is 1. The van der Waals surface area contributed by atoms with Gasteiger partial charge in [0.2, 0.25) is 5.91 Å². The number of halogens is 1. The maximum atomic E-state index is 12.5. The lowest BCUT2D eigenvalue weighted by Gasteiger charge is -2.28. The number of rotatable bonds is 2. The number of likely N-dealkylation sites (N-methyl/N-ethyl adjacent to an activating group) is 1. The largest absolute Gasteiger partial charge is 0.358 e. The molecule has 2 heterocycles. The average Bonchev–Trinajstić information content (AvgIpc) is 2.46. The summed E-state index contributed by atoms with van der Waals surface area (Å²) in [5, 5.41) is 3.24. The molecule has 1 N–H and O–H groups in total. The SMILES string of the molecule is CNC(=O)CN1CCn2c(nc3cc(Br)ccc3c2=O)C1. The third-order valence-electron chi connectivity index (χ3n) is 3.65. The molecule has 0 bridgehead atoms. The zero-order chi connectivity index (χ0) is 15.0. The molecule has 0 atom stereocenters. The Morgan fingerprint density at radius 2 is 2.24 bits per heavy atom. The van der Waals surface area contributed by atoms with Crippen LogP contribution in [0.25, 0.3) is 10.9 Å². The van der Waals surface area contributed by atoms with Crippen molar-refractivity contribution in [3.63, 3.8) is 0 Å². The number of fused-ring (bicyclic) bond motifs is 2. The molecule has 110 valence electrons. The van der Waals surface area contributed by atoms with E-state index >= 15 is 0 Å². The summed E-state index contributed by atoms with van der Waals surface area (Å²) in [5.74, 6) is 0.676. The van der Waals surface area contributed by atoms with E-state index in [4.69, 9.17) is 0 Å². The summed E-state index contributed by atoms with van der Waals surface area (Å²) in [6, 6.07) is 5.48. The predicted molar refractivity (Wildman–Crippen MR) is 83.0 cm³/mol. The Balaban J connectivity index is 2.00. The molecule has 1 aliphatic heterocycles. The van der Waals surface area contributed by atoms with Gasteiger partial charge < -0.3 is 5.32 Å². The lowest BCUT2D eigenvalue weighted by Crippen LogP contribution is -2.43. The minimum atomic E-state index is -0.0330. The third-order valence-corrected chi connectivity index (χ3v) is 4.14. The molecule has 1 aromatic heterocycles. The molecule has 1 aliphatic rings. The van der Waals surface area contributed by atoms with Crippen LogP contribution in [0.5, 0.6) is 0 Å². The summed E-state index contributed by atoms with van der Waals surface area (Å²) in [5.41, 5.74) is 0.671. The van der Waals surface area contributed by atoms with E-state index in [9.17, 15) is 9.59 Å². The van der Waals surface area contributed by atoms with Gasteiger partial charge in [0.15, 0.2) is 0 Å². The second-order valence-electron chi connectivity index (χ2n) is 5.03. The normalized spacial score (nSPS) is 15.0. The first-order valence-corrected chi connectivity index (χ1v) is 7.49. The van der Waals surface area contributed by atoms with Gasteiger partial charge in [0.25, 0.3) is 5.56 Å². The molecule has 0 radical (unpaired) electrons. The molecule has 6 nitrogen and oxygen atoms in total. The number of benzene rings is 1. The van der Waals surface area contributed by atoms with Crippen LogP contribution in [0.2, 0.25) is 0 Å². The van der Waals surface area contributed by atoms with Crippen molar-refractivity contribution in [2.45, 2.75) is 13.1 Å². The van der Waals surface area contributed by atoms with E-state index in [2.05, 4.69) is 26.2 Å². The second-order valence-corrected chi connectivity index (χ2v) is 5.95. The van der Waals surface area contributed by atoms with Crippen molar-refractivity contribution >= 4 is 32.7 Å². The van der Waals surface area contributed by atoms with Crippen LogP contribution in [0.15, 0.2) is 27.5 Å². The van der Waals surface area contributed by atoms with Crippen molar-refractivity contribution in [1.29, 1.82) is 0 Å². The van der Waals surface area contributed by atoms with Crippen LogP contribution in [0, 0.1) is 0 Å². The first kappa shape index (κ1) is 14.2. The molecular weight excluding hydrogens is 336 g/mol. The van der Waals surface area contributed by atoms with Crippen LogP contribution >= 0.6 is 15.9 Å². The molecule has 2 aromatic rings. The van der Waals surface area contributed by atoms with Crippen molar-refractivity contribution < 1.29 is 4.79 Å². The highest BCUT2D eigenvalue weighted by molar-refractivity contribution is 9.10. The fourth-order valence-electron chi connectivity index (χ4n) is 2.53. The van der Waals surface area contributed by atoms with Gasteiger partial charge in [0.1, 0.15) is 5.82 Å². The van der Waals surface area contributed by atoms with Crippen LogP contribution < -0.4 is 10.9 Å².